The van der Waals surface area contributed by atoms with Gasteiger partial charge in [-0.25, -0.2) is 0 Å². The summed E-state index contributed by atoms with van der Waals surface area (Å²) in [6.07, 6.45) is 1.55. The van der Waals surface area contributed by atoms with Crippen LogP contribution >= 0.6 is 23.2 Å². The van der Waals surface area contributed by atoms with Gasteiger partial charge in [-0.15, -0.1) is 0 Å². The number of halogens is 2. The fraction of sp³-hybridized carbons (Fsp3) is 0.417. The molecule has 0 spiro atoms. The summed E-state index contributed by atoms with van der Waals surface area (Å²) in [6.45, 7) is 2.90. The average Bonchev–Trinajstić information content (AvgIpc) is 2.79. The molecule has 1 fully saturated rings. The van der Waals surface area contributed by atoms with Gasteiger partial charge in [-0.1, -0.05) is 29.3 Å². The molecule has 6 nitrogen and oxygen atoms in total. The summed E-state index contributed by atoms with van der Waals surface area (Å²) < 4.78 is 11.3. The van der Waals surface area contributed by atoms with E-state index >= 15 is 0 Å². The first-order chi connectivity index (χ1) is 15.4. The number of carbonyl (C=O) groups excluding carboxylic acids is 2. The number of amides is 2. The largest absolute Gasteiger partial charge is 0.484 e. The Morgan fingerprint density at radius 1 is 1.12 bits per heavy atom. The number of nitrogens with one attached hydrogen (secondary N) is 1. The van der Waals surface area contributed by atoms with Gasteiger partial charge in [-0.05, 0) is 73.7 Å². The van der Waals surface area contributed by atoms with E-state index in [1.807, 2.05) is 30.0 Å². The normalized spacial score (nSPS) is 22.7. The molecule has 2 aromatic carbocycles. The van der Waals surface area contributed by atoms with Gasteiger partial charge in [0.15, 0.2) is 6.61 Å². The standard InChI is InChI=1S/C24H26Cl2N2O4/c1-15-21-8-4-18(26)12-16(21)10-11-28(15)24(30)22-9-5-19(13-32-22)27-23(29)14-31-20-6-2-17(25)3-7-20/h2-4,6-8,12,15,19,22H,5,9-11,13-14H2,1H3,(H,27,29)/t15-,19-,22+/m1/s1. The number of nitrogens with zero attached hydrogens (tertiary/aromatic N) is 1. The van der Waals surface area contributed by atoms with Crippen LogP contribution in [0.2, 0.25) is 10.0 Å². The van der Waals surface area contributed by atoms with E-state index in [9.17, 15) is 9.59 Å². The summed E-state index contributed by atoms with van der Waals surface area (Å²) in [5.74, 6) is 0.363. The zero-order chi connectivity index (χ0) is 22.7. The molecule has 3 atom stereocenters. The van der Waals surface area contributed by atoms with Crippen LogP contribution in [-0.2, 0) is 20.7 Å². The van der Waals surface area contributed by atoms with Gasteiger partial charge in [0.25, 0.3) is 11.8 Å². The molecule has 32 heavy (non-hydrogen) atoms. The minimum absolute atomic E-state index is 0.00829. The van der Waals surface area contributed by atoms with Crippen molar-refractivity contribution in [3.05, 3.63) is 63.6 Å². The Morgan fingerprint density at radius 2 is 1.88 bits per heavy atom. The molecule has 2 aromatic rings. The van der Waals surface area contributed by atoms with Crippen molar-refractivity contribution in [2.75, 3.05) is 19.8 Å². The van der Waals surface area contributed by atoms with E-state index in [-0.39, 0.29) is 30.5 Å². The van der Waals surface area contributed by atoms with Crippen LogP contribution in [0.25, 0.3) is 0 Å². The highest BCUT2D eigenvalue weighted by Gasteiger charge is 2.35. The third-order valence-corrected chi connectivity index (χ3v) is 6.51. The minimum Gasteiger partial charge on any atom is -0.484 e. The maximum Gasteiger partial charge on any atom is 0.258 e. The summed E-state index contributed by atoms with van der Waals surface area (Å²) in [7, 11) is 0. The SMILES string of the molecule is C[C@@H]1c2ccc(Cl)cc2CCN1C(=O)[C@@H]1CC[C@@H](NC(=O)COc2ccc(Cl)cc2)CO1. The molecule has 0 saturated carbocycles. The van der Waals surface area contributed by atoms with E-state index in [0.29, 0.717) is 36.8 Å². The third-order valence-electron chi connectivity index (χ3n) is 6.03. The molecule has 0 radical (unpaired) electrons. The molecule has 2 aliphatic heterocycles. The molecular formula is C24H26Cl2N2O4. The van der Waals surface area contributed by atoms with Crippen molar-refractivity contribution >= 4 is 35.0 Å². The van der Waals surface area contributed by atoms with Gasteiger partial charge in [0.2, 0.25) is 0 Å². The predicted octanol–water partition coefficient (Wildman–Crippen LogP) is 4.18. The van der Waals surface area contributed by atoms with Crippen molar-refractivity contribution in [1.82, 2.24) is 10.2 Å². The Kier molecular flexibility index (Phi) is 7.23. The number of ether oxygens (including phenoxy) is 2. The lowest BCUT2D eigenvalue weighted by Gasteiger charge is -2.39. The van der Waals surface area contributed by atoms with E-state index in [1.165, 1.54) is 5.56 Å². The molecule has 2 aliphatic rings. The van der Waals surface area contributed by atoms with Crippen molar-refractivity contribution in [3.8, 4) is 5.75 Å². The Morgan fingerprint density at radius 3 is 2.59 bits per heavy atom. The second-order valence-electron chi connectivity index (χ2n) is 8.21. The molecule has 1 saturated heterocycles. The van der Waals surface area contributed by atoms with E-state index in [0.717, 1.165) is 17.0 Å². The van der Waals surface area contributed by atoms with E-state index in [2.05, 4.69) is 5.32 Å². The van der Waals surface area contributed by atoms with Gasteiger partial charge in [0.1, 0.15) is 11.9 Å². The maximum atomic E-state index is 13.1. The zero-order valence-electron chi connectivity index (χ0n) is 17.9. The number of hydrogen-bond acceptors (Lipinski definition) is 4. The summed E-state index contributed by atoms with van der Waals surface area (Å²) in [5, 5.41) is 4.24. The summed E-state index contributed by atoms with van der Waals surface area (Å²) in [6, 6.07) is 12.5. The molecule has 1 N–H and O–H groups in total. The summed E-state index contributed by atoms with van der Waals surface area (Å²) >= 11 is 12.0. The minimum atomic E-state index is -0.482. The molecular weight excluding hydrogens is 451 g/mol. The monoisotopic (exact) mass is 476 g/mol. The molecule has 2 amide bonds. The molecule has 170 valence electrons. The molecule has 0 bridgehead atoms. The summed E-state index contributed by atoms with van der Waals surface area (Å²) in [4.78, 5) is 27.2. The Balaban J connectivity index is 1.24. The van der Waals surface area contributed by atoms with Crippen molar-refractivity contribution in [2.24, 2.45) is 0 Å². The van der Waals surface area contributed by atoms with Crippen LogP contribution in [0.15, 0.2) is 42.5 Å². The molecule has 0 aromatic heterocycles. The van der Waals surface area contributed by atoms with Gasteiger partial charge < -0.3 is 19.7 Å². The maximum absolute atomic E-state index is 13.1. The van der Waals surface area contributed by atoms with Gasteiger partial charge >= 0.3 is 0 Å². The molecule has 8 heteroatoms. The second-order valence-corrected chi connectivity index (χ2v) is 9.08. The lowest BCUT2D eigenvalue weighted by Crippen LogP contribution is -2.50. The lowest BCUT2D eigenvalue weighted by atomic mass is 9.92. The van der Waals surface area contributed by atoms with E-state index < -0.39 is 6.10 Å². The van der Waals surface area contributed by atoms with Crippen LogP contribution in [0, 0.1) is 0 Å². The van der Waals surface area contributed by atoms with Crippen molar-refractivity contribution in [2.45, 2.75) is 44.4 Å². The molecule has 0 unspecified atom stereocenters. The number of benzene rings is 2. The van der Waals surface area contributed by atoms with Crippen LogP contribution < -0.4 is 10.1 Å². The highest BCUT2D eigenvalue weighted by Crippen LogP contribution is 2.32. The fourth-order valence-corrected chi connectivity index (χ4v) is 4.62. The lowest BCUT2D eigenvalue weighted by molar-refractivity contribution is -0.150. The van der Waals surface area contributed by atoms with Gasteiger partial charge in [-0.2, -0.15) is 0 Å². The van der Waals surface area contributed by atoms with Crippen LogP contribution in [0.5, 0.6) is 5.75 Å². The average molecular weight is 477 g/mol. The fourth-order valence-electron chi connectivity index (χ4n) is 4.30. The number of rotatable bonds is 5. The van der Waals surface area contributed by atoms with Crippen molar-refractivity contribution < 1.29 is 19.1 Å². The number of hydrogen-bond donors (Lipinski definition) is 1. The van der Waals surface area contributed by atoms with Gasteiger partial charge in [-0.3, -0.25) is 9.59 Å². The first kappa shape index (κ1) is 22.9. The molecule has 0 aliphatic carbocycles. The van der Waals surface area contributed by atoms with E-state index in [4.69, 9.17) is 32.7 Å². The Hall–Kier alpha value is -2.28. The van der Waals surface area contributed by atoms with Crippen LogP contribution in [-0.4, -0.2) is 48.6 Å². The zero-order valence-corrected chi connectivity index (χ0v) is 19.4. The van der Waals surface area contributed by atoms with Crippen molar-refractivity contribution in [3.63, 3.8) is 0 Å². The first-order valence-electron chi connectivity index (χ1n) is 10.8. The Bertz CT molecular complexity index is 974. The van der Waals surface area contributed by atoms with E-state index in [1.54, 1.807) is 24.3 Å². The molecule has 2 heterocycles. The number of fused-ring (bicyclic) bond motifs is 1. The highest BCUT2D eigenvalue weighted by molar-refractivity contribution is 6.30. The topological polar surface area (TPSA) is 67.9 Å². The molecule has 4 rings (SSSR count). The van der Waals surface area contributed by atoms with Crippen molar-refractivity contribution in [1.29, 1.82) is 0 Å². The third kappa shape index (κ3) is 5.37. The quantitative estimate of drug-likeness (QED) is 0.702. The number of carbonyl (C=O) groups is 2. The second kappa shape index (κ2) is 10.1. The van der Waals surface area contributed by atoms with Crippen LogP contribution in [0.1, 0.15) is 36.9 Å². The first-order valence-corrected chi connectivity index (χ1v) is 11.5. The highest BCUT2D eigenvalue weighted by atomic mass is 35.5. The predicted molar refractivity (Wildman–Crippen MR) is 123 cm³/mol. The van der Waals surface area contributed by atoms with Crippen LogP contribution in [0.3, 0.4) is 0 Å². The van der Waals surface area contributed by atoms with Gasteiger partial charge in [0, 0.05) is 16.6 Å². The Labute approximate surface area is 197 Å². The summed E-state index contributed by atoms with van der Waals surface area (Å²) in [5.41, 5.74) is 2.33. The smallest absolute Gasteiger partial charge is 0.258 e. The van der Waals surface area contributed by atoms with Gasteiger partial charge in [0.05, 0.1) is 18.7 Å². The van der Waals surface area contributed by atoms with Crippen LogP contribution in [0.4, 0.5) is 0 Å².